The molecule has 3 aromatic rings. The highest BCUT2D eigenvalue weighted by molar-refractivity contribution is 5.99. The van der Waals surface area contributed by atoms with Crippen molar-refractivity contribution in [2.45, 2.75) is 57.0 Å². The highest BCUT2D eigenvalue weighted by Gasteiger charge is 2.25. The van der Waals surface area contributed by atoms with Crippen LogP contribution in [0.15, 0.2) is 30.5 Å². The van der Waals surface area contributed by atoms with Crippen molar-refractivity contribution in [1.82, 2.24) is 19.7 Å². The maximum absolute atomic E-state index is 11.9. The molecule has 2 aliphatic rings. The number of nitrogens with zero attached hydrogens (tertiary/aromatic N) is 4. The number of hydrogen-bond acceptors (Lipinski definition) is 6. The summed E-state index contributed by atoms with van der Waals surface area (Å²) in [5, 5.41) is 15.8. The van der Waals surface area contributed by atoms with Gasteiger partial charge in [0.25, 0.3) is 5.91 Å². The Balaban J connectivity index is 1.47. The van der Waals surface area contributed by atoms with E-state index in [2.05, 4.69) is 48.7 Å². The highest BCUT2D eigenvalue weighted by Crippen LogP contribution is 2.39. The number of amides is 1. The summed E-state index contributed by atoms with van der Waals surface area (Å²) >= 11 is 0. The lowest BCUT2D eigenvalue weighted by Gasteiger charge is -2.22. The predicted octanol–water partition coefficient (Wildman–Crippen LogP) is 3.75. The molecule has 2 aromatic heterocycles. The Morgan fingerprint density at radius 1 is 1.07 bits per heavy atom. The van der Waals surface area contributed by atoms with E-state index in [1.54, 1.807) is 0 Å². The van der Waals surface area contributed by atoms with Crippen molar-refractivity contribution in [3.8, 4) is 0 Å². The molecule has 0 unspecified atom stereocenters. The number of hydrogen-bond donors (Lipinski definition) is 3. The van der Waals surface area contributed by atoms with Crippen LogP contribution in [0.1, 0.15) is 61.5 Å². The fourth-order valence-corrected chi connectivity index (χ4v) is 4.17. The topological polar surface area (TPSA) is 111 Å². The molecule has 150 valence electrons. The largest absolute Gasteiger partial charge is 0.364 e. The van der Waals surface area contributed by atoms with Crippen molar-refractivity contribution >= 4 is 34.3 Å². The van der Waals surface area contributed by atoms with Gasteiger partial charge in [-0.3, -0.25) is 4.79 Å². The zero-order chi connectivity index (χ0) is 19.8. The number of anilines is 3. The minimum atomic E-state index is -0.653. The van der Waals surface area contributed by atoms with Gasteiger partial charge in [0, 0.05) is 29.4 Å². The molecule has 0 aliphatic heterocycles. The Kier molecular flexibility index (Phi) is 4.54. The van der Waals surface area contributed by atoms with Crippen molar-refractivity contribution in [3.63, 3.8) is 0 Å². The van der Waals surface area contributed by atoms with Gasteiger partial charge in [-0.15, -0.1) is 10.2 Å². The van der Waals surface area contributed by atoms with E-state index < -0.39 is 5.91 Å². The van der Waals surface area contributed by atoms with Crippen molar-refractivity contribution in [2.75, 3.05) is 10.6 Å². The minimum absolute atomic E-state index is 0.0397. The van der Waals surface area contributed by atoms with Gasteiger partial charge in [-0.1, -0.05) is 25.3 Å². The smallest absolute Gasteiger partial charge is 0.273 e. The van der Waals surface area contributed by atoms with Crippen LogP contribution in [0.2, 0.25) is 0 Å². The maximum atomic E-state index is 11.9. The Bertz CT molecular complexity index is 1050. The van der Waals surface area contributed by atoms with E-state index in [4.69, 9.17) is 5.73 Å². The number of nitrogens with one attached hydrogen (secondary N) is 2. The van der Waals surface area contributed by atoms with Gasteiger partial charge in [0.15, 0.2) is 11.5 Å². The fraction of sp³-hybridized carbons (Fsp3) is 0.429. The number of nitrogens with two attached hydrogens (primary N) is 1. The van der Waals surface area contributed by atoms with Gasteiger partial charge in [0.1, 0.15) is 0 Å². The maximum Gasteiger partial charge on any atom is 0.273 e. The second-order valence-corrected chi connectivity index (χ2v) is 7.99. The summed E-state index contributed by atoms with van der Waals surface area (Å²) in [6.45, 7) is 0. The number of rotatable bonds is 6. The van der Waals surface area contributed by atoms with E-state index in [1.165, 1.54) is 37.6 Å². The van der Waals surface area contributed by atoms with Crippen LogP contribution in [-0.2, 0) is 0 Å². The van der Waals surface area contributed by atoms with Gasteiger partial charge < -0.3 is 20.9 Å². The molecule has 29 heavy (non-hydrogen) atoms. The number of benzene rings is 1. The summed E-state index contributed by atoms with van der Waals surface area (Å²) in [7, 11) is 0. The monoisotopic (exact) mass is 391 g/mol. The highest BCUT2D eigenvalue weighted by atomic mass is 16.1. The van der Waals surface area contributed by atoms with E-state index in [0.717, 1.165) is 23.9 Å². The van der Waals surface area contributed by atoms with Crippen LogP contribution in [0.25, 0.3) is 10.9 Å². The molecule has 8 nitrogen and oxygen atoms in total. The lowest BCUT2D eigenvalue weighted by molar-refractivity contribution is 0.0995. The van der Waals surface area contributed by atoms with E-state index in [0.29, 0.717) is 23.8 Å². The van der Waals surface area contributed by atoms with E-state index in [-0.39, 0.29) is 5.69 Å². The molecular weight excluding hydrogens is 366 g/mol. The molecule has 2 heterocycles. The molecule has 2 saturated carbocycles. The zero-order valence-electron chi connectivity index (χ0n) is 16.3. The second kappa shape index (κ2) is 7.35. The molecule has 5 rings (SSSR count). The molecule has 0 radical (unpaired) electrons. The van der Waals surface area contributed by atoms with Gasteiger partial charge in [-0.25, -0.2) is 0 Å². The van der Waals surface area contributed by atoms with E-state index in [9.17, 15) is 4.79 Å². The number of fused-ring (bicyclic) bond motifs is 1. The zero-order valence-corrected chi connectivity index (χ0v) is 16.3. The average molecular weight is 391 g/mol. The lowest BCUT2D eigenvalue weighted by Crippen LogP contribution is -2.25. The number of carbonyl (C=O) groups excluding carboxylic acids is 1. The van der Waals surface area contributed by atoms with Gasteiger partial charge in [-0.05, 0) is 43.9 Å². The van der Waals surface area contributed by atoms with E-state index in [1.807, 2.05) is 12.1 Å². The minimum Gasteiger partial charge on any atom is -0.364 e. The summed E-state index contributed by atoms with van der Waals surface area (Å²) in [6.07, 6.45) is 10.4. The third-order valence-corrected chi connectivity index (χ3v) is 5.81. The molecule has 0 bridgehead atoms. The third-order valence-electron chi connectivity index (χ3n) is 5.81. The van der Waals surface area contributed by atoms with Crippen molar-refractivity contribution in [3.05, 3.63) is 36.2 Å². The molecule has 0 saturated heterocycles. The molecular formula is C21H25N7O. The molecule has 2 aliphatic carbocycles. The molecule has 2 fully saturated rings. The normalized spacial score (nSPS) is 17.4. The first-order chi connectivity index (χ1) is 14.2. The Morgan fingerprint density at radius 3 is 2.66 bits per heavy atom. The Labute approximate surface area is 168 Å². The molecule has 8 heteroatoms. The fourth-order valence-electron chi connectivity index (χ4n) is 4.17. The molecule has 4 N–H and O–H groups in total. The number of carbonyl (C=O) groups is 1. The van der Waals surface area contributed by atoms with Crippen LogP contribution in [0, 0.1) is 0 Å². The number of aromatic nitrogens is 4. The quantitative estimate of drug-likeness (QED) is 0.590. The van der Waals surface area contributed by atoms with Crippen LogP contribution in [-0.4, -0.2) is 31.7 Å². The van der Waals surface area contributed by atoms with Crippen LogP contribution < -0.4 is 16.4 Å². The van der Waals surface area contributed by atoms with Gasteiger partial charge >= 0.3 is 0 Å². The summed E-state index contributed by atoms with van der Waals surface area (Å²) in [5.74, 6) is 0.101. The standard InChI is InChI=1S/C21H25N7O/c22-19(29)18-20(25-21(27-26-18)23-13-5-2-1-3-6-13)24-16-7-4-8-17-15(16)11-12-28(17)14-9-10-14/h4,7-8,11-14H,1-3,5-6,9-10H2,(H2,22,29)(H2,23,24,25,27). The Hall–Kier alpha value is -3.16. The lowest BCUT2D eigenvalue weighted by atomic mass is 9.96. The van der Waals surface area contributed by atoms with Gasteiger partial charge in [0.05, 0.1) is 5.52 Å². The summed E-state index contributed by atoms with van der Waals surface area (Å²) in [4.78, 5) is 16.4. The SMILES string of the molecule is NC(=O)c1nnc(NC2CCCCC2)nc1Nc1cccc2c1ccn2C1CC1. The van der Waals surface area contributed by atoms with Crippen LogP contribution in [0.3, 0.4) is 0 Å². The molecule has 0 atom stereocenters. The molecule has 1 amide bonds. The van der Waals surface area contributed by atoms with Crippen LogP contribution >= 0.6 is 0 Å². The van der Waals surface area contributed by atoms with Crippen LogP contribution in [0.4, 0.5) is 17.5 Å². The average Bonchev–Trinajstić information content (AvgIpc) is 3.47. The molecule has 1 aromatic carbocycles. The summed E-state index contributed by atoms with van der Waals surface area (Å²) in [6, 6.07) is 9.12. The molecule has 0 spiro atoms. The third kappa shape index (κ3) is 3.62. The number of primary amides is 1. The van der Waals surface area contributed by atoms with Crippen molar-refractivity contribution < 1.29 is 4.79 Å². The predicted molar refractivity (Wildman–Crippen MR) is 112 cm³/mol. The van der Waals surface area contributed by atoms with E-state index >= 15 is 0 Å². The van der Waals surface area contributed by atoms with Crippen molar-refractivity contribution in [2.24, 2.45) is 5.73 Å². The Morgan fingerprint density at radius 2 is 1.90 bits per heavy atom. The first-order valence-electron chi connectivity index (χ1n) is 10.4. The summed E-state index contributed by atoms with van der Waals surface area (Å²) < 4.78 is 2.31. The van der Waals surface area contributed by atoms with Crippen molar-refractivity contribution in [1.29, 1.82) is 0 Å². The van der Waals surface area contributed by atoms with Gasteiger partial charge in [0.2, 0.25) is 5.95 Å². The first-order valence-corrected chi connectivity index (χ1v) is 10.4. The second-order valence-electron chi connectivity index (χ2n) is 7.99. The van der Waals surface area contributed by atoms with Gasteiger partial charge in [-0.2, -0.15) is 4.98 Å². The summed E-state index contributed by atoms with van der Waals surface area (Å²) in [5.41, 5.74) is 7.60. The van der Waals surface area contributed by atoms with Crippen LogP contribution in [0.5, 0.6) is 0 Å². The first kappa shape index (κ1) is 17.9.